The lowest BCUT2D eigenvalue weighted by Crippen LogP contribution is -2.32. The van der Waals surface area contributed by atoms with Gasteiger partial charge in [-0.15, -0.1) is 0 Å². The number of aromatic nitrogens is 3. The maximum Gasteiger partial charge on any atom is 0.407 e. The number of methoxy groups -OCH3 is 2. The molecule has 0 radical (unpaired) electrons. The Morgan fingerprint density at radius 1 is 1.07 bits per heavy atom. The molecule has 0 fully saturated rings. The highest BCUT2D eigenvalue weighted by Crippen LogP contribution is 2.36. The van der Waals surface area contributed by atoms with Crippen molar-refractivity contribution in [1.82, 2.24) is 20.3 Å². The Hall–Kier alpha value is -4.26. The molecule has 4 aromatic rings. The number of hydrogen-bond donors (Lipinski definition) is 2. The van der Waals surface area contributed by atoms with Crippen molar-refractivity contribution in [3.63, 3.8) is 0 Å². The summed E-state index contributed by atoms with van der Waals surface area (Å²) in [7, 11) is -1.19. The van der Waals surface area contributed by atoms with Crippen molar-refractivity contribution in [2.75, 3.05) is 18.9 Å². The third-order valence-electron chi connectivity index (χ3n) is 6.06. The van der Waals surface area contributed by atoms with Crippen molar-refractivity contribution in [2.45, 2.75) is 64.1 Å². The van der Waals surface area contributed by atoms with Gasteiger partial charge in [0.05, 0.1) is 27.0 Å². The van der Waals surface area contributed by atoms with Gasteiger partial charge < -0.3 is 24.1 Å². The Bertz CT molecular complexity index is 1650. The van der Waals surface area contributed by atoms with E-state index in [0.29, 0.717) is 23.3 Å². The minimum absolute atomic E-state index is 0.00463. The van der Waals surface area contributed by atoms with Gasteiger partial charge in [0.2, 0.25) is 0 Å². The van der Waals surface area contributed by atoms with E-state index in [1.807, 2.05) is 19.9 Å². The molecule has 0 unspecified atom stereocenters. The number of hydrogen-bond acceptors (Lipinski definition) is 9. The summed E-state index contributed by atoms with van der Waals surface area (Å²) >= 11 is 0. The maximum absolute atomic E-state index is 13.4. The molecule has 0 aliphatic carbocycles. The fourth-order valence-electron chi connectivity index (χ4n) is 4.12. The quantitative estimate of drug-likeness (QED) is 0.261. The fourth-order valence-corrected chi connectivity index (χ4v) is 5.33. The van der Waals surface area contributed by atoms with Crippen LogP contribution in [0.1, 0.15) is 57.2 Å². The molecule has 2 aromatic carbocycles. The topological polar surface area (TPSA) is 147 Å². The van der Waals surface area contributed by atoms with Gasteiger partial charge in [0, 0.05) is 18.3 Å². The van der Waals surface area contributed by atoms with E-state index in [1.165, 1.54) is 14.2 Å². The predicted molar refractivity (Wildman–Crippen MR) is 153 cm³/mol. The van der Waals surface area contributed by atoms with E-state index in [2.05, 4.69) is 20.3 Å². The largest absolute Gasteiger partial charge is 0.496 e. The van der Waals surface area contributed by atoms with Gasteiger partial charge in [0.1, 0.15) is 27.4 Å². The summed E-state index contributed by atoms with van der Waals surface area (Å²) in [5, 5.41) is 11.4. The molecule has 2 heterocycles. The predicted octanol–water partition coefficient (Wildman–Crippen LogP) is 5.04. The van der Waals surface area contributed by atoms with E-state index in [9.17, 15) is 13.2 Å². The molecular formula is C28H35N5O7S. The van der Waals surface area contributed by atoms with E-state index in [4.69, 9.17) is 18.7 Å². The third kappa shape index (κ3) is 7.09. The number of anilines is 1. The lowest BCUT2D eigenvalue weighted by Gasteiger charge is -2.19. The number of sulfonamides is 1. The Labute approximate surface area is 239 Å². The first kappa shape index (κ1) is 29.7. The normalized spacial score (nSPS) is 12.0. The van der Waals surface area contributed by atoms with Crippen LogP contribution in [0.4, 0.5) is 10.6 Å². The van der Waals surface area contributed by atoms with Gasteiger partial charge in [-0.05, 0) is 62.1 Å². The second-order valence-electron chi connectivity index (χ2n) is 10.8. The fraction of sp³-hybridized carbons (Fsp3) is 0.393. The molecule has 13 heteroatoms. The number of fused-ring (bicyclic) bond motifs is 1. The van der Waals surface area contributed by atoms with Crippen LogP contribution in [0.2, 0.25) is 0 Å². The van der Waals surface area contributed by atoms with Crippen LogP contribution in [0.25, 0.3) is 11.0 Å². The first-order valence-electron chi connectivity index (χ1n) is 12.9. The van der Waals surface area contributed by atoms with Crippen molar-refractivity contribution in [2.24, 2.45) is 0 Å². The zero-order chi connectivity index (χ0) is 29.9. The lowest BCUT2D eigenvalue weighted by molar-refractivity contribution is 0.0523. The number of benzene rings is 2. The van der Waals surface area contributed by atoms with Crippen LogP contribution in [-0.2, 0) is 27.8 Å². The molecule has 41 heavy (non-hydrogen) atoms. The molecule has 0 atom stereocenters. The zero-order valence-corrected chi connectivity index (χ0v) is 25.0. The van der Waals surface area contributed by atoms with Gasteiger partial charge in [-0.1, -0.05) is 25.1 Å². The molecule has 4 rings (SSSR count). The monoisotopic (exact) mass is 585 g/mol. The number of rotatable bonds is 10. The van der Waals surface area contributed by atoms with Gasteiger partial charge in [-0.2, -0.15) is 5.10 Å². The Morgan fingerprint density at radius 3 is 2.46 bits per heavy atom. The molecule has 0 spiro atoms. The molecule has 1 amide bonds. The molecule has 12 nitrogen and oxygen atoms in total. The van der Waals surface area contributed by atoms with Crippen molar-refractivity contribution in [1.29, 1.82) is 0 Å². The second kappa shape index (κ2) is 11.7. The van der Waals surface area contributed by atoms with Gasteiger partial charge in [-0.3, -0.25) is 9.40 Å². The SMILES string of the molecule is COc1ccc(C(C)C)cc1S(=O)(=O)Nc1noc2cc(Cn3cc(CNC(=O)OC(C)(C)C)cn3)cc(OC)c12. The van der Waals surface area contributed by atoms with Crippen molar-refractivity contribution < 1.29 is 31.9 Å². The van der Waals surface area contributed by atoms with Crippen LogP contribution in [-0.4, -0.2) is 49.3 Å². The number of nitrogens with zero attached hydrogens (tertiary/aromatic N) is 3. The molecule has 2 aromatic heterocycles. The summed E-state index contributed by atoms with van der Waals surface area (Å²) < 4.78 is 52.7. The molecule has 0 saturated heterocycles. The number of amides is 1. The van der Waals surface area contributed by atoms with Crippen molar-refractivity contribution in [3.8, 4) is 11.5 Å². The standard InChI is InChI=1S/C28H35N5O7S/c1-17(2)20-8-9-21(37-6)24(12-20)41(35,36)32-26-25-22(38-7)10-18(11-23(25)40-31-26)15-33-16-19(14-30-33)13-29-27(34)39-28(3,4)5/h8-12,14,16-17H,13,15H2,1-7H3,(H,29,34)(H,31,32). The number of carbonyl (C=O) groups excluding carboxylic acids is 1. The van der Waals surface area contributed by atoms with Crippen LogP contribution in [0.5, 0.6) is 11.5 Å². The summed E-state index contributed by atoms with van der Waals surface area (Å²) in [5.41, 5.74) is 2.16. The molecule has 0 bridgehead atoms. The molecule has 0 aliphatic rings. The Kier molecular flexibility index (Phi) is 8.47. The van der Waals surface area contributed by atoms with E-state index in [1.54, 1.807) is 62.1 Å². The van der Waals surface area contributed by atoms with Gasteiger partial charge in [-0.25, -0.2) is 13.2 Å². The highest BCUT2D eigenvalue weighted by molar-refractivity contribution is 7.92. The number of carbonyl (C=O) groups is 1. The first-order chi connectivity index (χ1) is 19.3. The average Bonchev–Trinajstić information content (AvgIpc) is 3.52. The molecule has 0 aliphatic heterocycles. The van der Waals surface area contributed by atoms with E-state index in [-0.39, 0.29) is 28.9 Å². The molecule has 220 valence electrons. The second-order valence-corrected chi connectivity index (χ2v) is 12.4. The Morgan fingerprint density at radius 2 is 1.80 bits per heavy atom. The summed E-state index contributed by atoms with van der Waals surface area (Å²) in [6, 6.07) is 8.55. The number of alkyl carbamates (subject to hydrolysis) is 1. The Balaban J connectivity index is 1.55. The lowest BCUT2D eigenvalue weighted by atomic mass is 10.0. The highest BCUT2D eigenvalue weighted by Gasteiger charge is 2.25. The zero-order valence-electron chi connectivity index (χ0n) is 24.1. The average molecular weight is 586 g/mol. The summed E-state index contributed by atoms with van der Waals surface area (Å²) in [6.45, 7) is 9.96. The molecule has 0 saturated carbocycles. The summed E-state index contributed by atoms with van der Waals surface area (Å²) in [4.78, 5) is 11.9. The van der Waals surface area contributed by atoms with Crippen molar-refractivity contribution >= 4 is 32.9 Å². The maximum atomic E-state index is 13.4. The molecule has 2 N–H and O–H groups in total. The van der Waals surface area contributed by atoms with Crippen LogP contribution in [0.15, 0.2) is 52.1 Å². The van der Waals surface area contributed by atoms with Crippen LogP contribution in [0.3, 0.4) is 0 Å². The van der Waals surface area contributed by atoms with Crippen LogP contribution < -0.4 is 19.5 Å². The smallest absolute Gasteiger partial charge is 0.407 e. The third-order valence-corrected chi connectivity index (χ3v) is 7.42. The first-order valence-corrected chi connectivity index (χ1v) is 14.4. The van der Waals surface area contributed by atoms with Crippen molar-refractivity contribution in [3.05, 3.63) is 59.4 Å². The number of ether oxygens (including phenoxy) is 3. The van der Waals surface area contributed by atoms with Gasteiger partial charge in [0.15, 0.2) is 11.4 Å². The van der Waals surface area contributed by atoms with Crippen LogP contribution in [0, 0.1) is 0 Å². The number of nitrogens with one attached hydrogen (secondary N) is 2. The minimum atomic E-state index is -4.08. The minimum Gasteiger partial charge on any atom is -0.496 e. The van der Waals surface area contributed by atoms with Gasteiger partial charge in [0.25, 0.3) is 10.0 Å². The van der Waals surface area contributed by atoms with Crippen LogP contribution >= 0.6 is 0 Å². The summed E-state index contributed by atoms with van der Waals surface area (Å²) in [5.74, 6) is 0.700. The molecular weight excluding hydrogens is 550 g/mol. The van der Waals surface area contributed by atoms with Gasteiger partial charge >= 0.3 is 6.09 Å². The van der Waals surface area contributed by atoms with E-state index >= 15 is 0 Å². The van der Waals surface area contributed by atoms with E-state index < -0.39 is 21.7 Å². The van der Waals surface area contributed by atoms with E-state index in [0.717, 1.165) is 16.7 Å². The summed E-state index contributed by atoms with van der Waals surface area (Å²) in [6.07, 6.45) is 2.94. The highest BCUT2D eigenvalue weighted by atomic mass is 32.2.